The van der Waals surface area contributed by atoms with E-state index in [1.807, 2.05) is 23.1 Å². The molecule has 146 valence electrons. The molecule has 3 heterocycles. The van der Waals surface area contributed by atoms with E-state index in [0.717, 1.165) is 31.9 Å². The van der Waals surface area contributed by atoms with Crippen LogP contribution in [0.1, 0.15) is 37.3 Å². The molecule has 4 rings (SSSR count). The van der Waals surface area contributed by atoms with E-state index >= 15 is 0 Å². The summed E-state index contributed by atoms with van der Waals surface area (Å²) < 4.78 is 7.87. The van der Waals surface area contributed by atoms with Crippen molar-refractivity contribution in [1.29, 1.82) is 0 Å². The summed E-state index contributed by atoms with van der Waals surface area (Å²) in [6, 6.07) is 10.9. The van der Waals surface area contributed by atoms with Crippen LogP contribution >= 0.6 is 24.0 Å². The fourth-order valence-electron chi connectivity index (χ4n) is 3.86. The molecule has 1 aromatic carbocycles. The van der Waals surface area contributed by atoms with Crippen LogP contribution in [-0.2, 0) is 17.8 Å². The Hall–Kier alpha value is -1.61. The Kier molecular flexibility index (Phi) is 7.12. The fraction of sp³-hybridized carbons (Fsp3) is 0.500. The maximum atomic E-state index is 5.94. The van der Waals surface area contributed by atoms with E-state index in [4.69, 9.17) is 9.73 Å². The highest BCUT2D eigenvalue weighted by molar-refractivity contribution is 14.0. The Morgan fingerprint density at radius 1 is 1.30 bits per heavy atom. The molecule has 2 aromatic rings. The zero-order valence-corrected chi connectivity index (χ0v) is 18.0. The van der Waals surface area contributed by atoms with Gasteiger partial charge in [0.25, 0.3) is 0 Å². The van der Waals surface area contributed by atoms with Gasteiger partial charge in [0.15, 0.2) is 5.96 Å². The lowest BCUT2D eigenvalue weighted by Crippen LogP contribution is -2.47. The number of guanidine groups is 1. The van der Waals surface area contributed by atoms with Gasteiger partial charge < -0.3 is 15.4 Å². The van der Waals surface area contributed by atoms with Crippen LogP contribution in [0.2, 0.25) is 0 Å². The van der Waals surface area contributed by atoms with Crippen LogP contribution in [0.4, 0.5) is 0 Å². The molecule has 0 aliphatic carbocycles. The van der Waals surface area contributed by atoms with Gasteiger partial charge in [0.05, 0.1) is 31.3 Å². The Morgan fingerprint density at radius 2 is 2.19 bits per heavy atom. The molecule has 7 heteroatoms. The zero-order chi connectivity index (χ0) is 17.8. The number of aliphatic imine (C=N–C) groups is 1. The van der Waals surface area contributed by atoms with Gasteiger partial charge in [0.1, 0.15) is 0 Å². The van der Waals surface area contributed by atoms with E-state index in [9.17, 15) is 0 Å². The van der Waals surface area contributed by atoms with Gasteiger partial charge in [-0.15, -0.1) is 24.0 Å². The molecular weight excluding hydrogens is 453 g/mol. The second-order valence-electron chi connectivity index (χ2n) is 7.08. The molecule has 0 saturated carbocycles. The van der Waals surface area contributed by atoms with E-state index in [1.165, 1.54) is 17.5 Å². The summed E-state index contributed by atoms with van der Waals surface area (Å²) >= 11 is 0. The summed E-state index contributed by atoms with van der Waals surface area (Å²) in [7, 11) is 0. The molecule has 6 nitrogen and oxygen atoms in total. The van der Waals surface area contributed by atoms with Crippen LogP contribution < -0.4 is 10.6 Å². The van der Waals surface area contributed by atoms with Gasteiger partial charge in [-0.3, -0.25) is 4.68 Å². The summed E-state index contributed by atoms with van der Waals surface area (Å²) in [6.07, 6.45) is 8.04. The average molecular weight is 481 g/mol. The van der Waals surface area contributed by atoms with E-state index in [1.54, 1.807) is 0 Å². The van der Waals surface area contributed by atoms with Crippen LogP contribution in [0.3, 0.4) is 0 Å². The minimum absolute atomic E-state index is 0. The van der Waals surface area contributed by atoms with Crippen molar-refractivity contribution in [3.8, 4) is 0 Å². The largest absolute Gasteiger partial charge is 0.373 e. The highest BCUT2D eigenvalue weighted by atomic mass is 127. The Bertz CT molecular complexity index is 749. The molecule has 2 saturated heterocycles. The summed E-state index contributed by atoms with van der Waals surface area (Å²) in [5.41, 5.74) is 2.44. The van der Waals surface area contributed by atoms with Gasteiger partial charge >= 0.3 is 0 Å². The molecular formula is C20H28IN5O. The van der Waals surface area contributed by atoms with Crippen LogP contribution in [-0.4, -0.2) is 40.5 Å². The Balaban J connectivity index is 0.00000210. The molecule has 0 amide bonds. The van der Waals surface area contributed by atoms with Crippen LogP contribution in [0.25, 0.3) is 0 Å². The number of rotatable bonds is 6. The van der Waals surface area contributed by atoms with Crippen molar-refractivity contribution in [2.45, 2.75) is 57.5 Å². The van der Waals surface area contributed by atoms with Crippen molar-refractivity contribution in [2.75, 3.05) is 6.54 Å². The molecule has 2 N–H and O–H groups in total. The van der Waals surface area contributed by atoms with E-state index in [0.29, 0.717) is 24.8 Å². The standard InChI is InChI=1S/C20H27N5O.HI/c1-2-21-20(24-18-12-17-7-8-19(18)26-17)22-13-15-5-3-6-16(11-15)14-25-10-4-9-23-25;/h3-6,9-11,17-19H,2,7-8,12-14H2,1H3,(H2,21,22,24);1H. The van der Waals surface area contributed by atoms with Crippen LogP contribution in [0.15, 0.2) is 47.7 Å². The molecule has 2 aliphatic heterocycles. The van der Waals surface area contributed by atoms with E-state index in [-0.39, 0.29) is 24.0 Å². The monoisotopic (exact) mass is 481 g/mol. The first-order chi connectivity index (χ1) is 12.8. The number of aromatic nitrogens is 2. The minimum atomic E-state index is 0. The fourth-order valence-corrected chi connectivity index (χ4v) is 3.86. The predicted octanol–water partition coefficient (Wildman–Crippen LogP) is 2.92. The topological polar surface area (TPSA) is 63.5 Å². The lowest BCUT2D eigenvalue weighted by atomic mass is 9.96. The summed E-state index contributed by atoms with van der Waals surface area (Å²) in [4.78, 5) is 4.79. The lowest BCUT2D eigenvalue weighted by molar-refractivity contribution is 0.0992. The first kappa shape index (κ1) is 20.1. The third-order valence-electron chi connectivity index (χ3n) is 5.09. The van der Waals surface area contributed by atoms with Gasteiger partial charge in [-0.25, -0.2) is 4.99 Å². The van der Waals surface area contributed by atoms with Crippen molar-refractivity contribution < 1.29 is 4.74 Å². The maximum Gasteiger partial charge on any atom is 0.191 e. The molecule has 2 bridgehead atoms. The van der Waals surface area contributed by atoms with Crippen molar-refractivity contribution in [1.82, 2.24) is 20.4 Å². The normalized spacial score (nSPS) is 23.9. The Morgan fingerprint density at radius 3 is 2.89 bits per heavy atom. The molecule has 3 unspecified atom stereocenters. The molecule has 3 atom stereocenters. The maximum absolute atomic E-state index is 5.94. The molecule has 2 fully saturated rings. The van der Waals surface area contributed by atoms with Gasteiger partial charge in [0.2, 0.25) is 0 Å². The highest BCUT2D eigenvalue weighted by Gasteiger charge is 2.41. The van der Waals surface area contributed by atoms with Crippen LogP contribution in [0, 0.1) is 0 Å². The average Bonchev–Trinajstić information content (AvgIpc) is 3.39. The third-order valence-corrected chi connectivity index (χ3v) is 5.09. The van der Waals surface area contributed by atoms with E-state index < -0.39 is 0 Å². The van der Waals surface area contributed by atoms with Crippen molar-refractivity contribution in [2.24, 2.45) is 4.99 Å². The Labute approximate surface area is 177 Å². The first-order valence-corrected chi connectivity index (χ1v) is 9.55. The SMILES string of the molecule is CCNC(=NCc1cccc(Cn2cccn2)c1)NC1CC2CCC1O2.I. The quantitative estimate of drug-likeness (QED) is 0.379. The van der Waals surface area contributed by atoms with Gasteiger partial charge in [0, 0.05) is 18.9 Å². The lowest BCUT2D eigenvalue weighted by Gasteiger charge is -2.22. The number of benzene rings is 1. The number of nitrogens with zero attached hydrogens (tertiary/aromatic N) is 3. The summed E-state index contributed by atoms with van der Waals surface area (Å²) in [5, 5.41) is 11.2. The smallest absolute Gasteiger partial charge is 0.191 e. The first-order valence-electron chi connectivity index (χ1n) is 9.55. The molecule has 0 radical (unpaired) electrons. The van der Waals surface area contributed by atoms with Gasteiger partial charge in [-0.05, 0) is 43.4 Å². The third kappa shape index (κ3) is 5.22. The number of fused-ring (bicyclic) bond motifs is 2. The zero-order valence-electron chi connectivity index (χ0n) is 15.7. The van der Waals surface area contributed by atoms with Crippen LogP contribution in [0.5, 0.6) is 0 Å². The summed E-state index contributed by atoms with van der Waals surface area (Å²) in [6.45, 7) is 4.39. The van der Waals surface area contributed by atoms with Crippen molar-refractivity contribution in [3.63, 3.8) is 0 Å². The van der Waals surface area contributed by atoms with Crippen molar-refractivity contribution in [3.05, 3.63) is 53.9 Å². The number of halogens is 1. The molecule has 0 spiro atoms. The molecule has 2 aliphatic rings. The van der Waals surface area contributed by atoms with Crippen molar-refractivity contribution >= 4 is 29.9 Å². The summed E-state index contributed by atoms with van der Waals surface area (Å²) in [5.74, 6) is 0.881. The second kappa shape index (κ2) is 9.54. The number of ether oxygens (including phenoxy) is 1. The molecule has 27 heavy (non-hydrogen) atoms. The van der Waals surface area contributed by atoms with Gasteiger partial charge in [-0.2, -0.15) is 5.10 Å². The highest BCUT2D eigenvalue weighted by Crippen LogP contribution is 2.34. The minimum Gasteiger partial charge on any atom is -0.373 e. The second-order valence-corrected chi connectivity index (χ2v) is 7.08. The number of nitrogens with one attached hydrogen (secondary N) is 2. The number of hydrogen-bond donors (Lipinski definition) is 2. The number of hydrogen-bond acceptors (Lipinski definition) is 3. The van der Waals surface area contributed by atoms with Gasteiger partial charge in [-0.1, -0.05) is 24.3 Å². The van der Waals surface area contributed by atoms with E-state index in [2.05, 4.69) is 46.9 Å². The predicted molar refractivity (Wildman–Crippen MR) is 117 cm³/mol. The molecule has 1 aromatic heterocycles.